The lowest BCUT2D eigenvalue weighted by molar-refractivity contribution is -0.870. The first-order chi connectivity index (χ1) is 37.1. The lowest BCUT2D eigenvalue weighted by atomic mass is 10.0. The van der Waals surface area contributed by atoms with Crippen LogP contribution in [0, 0.1) is 0 Å². The molecule has 0 amide bonds. The lowest BCUT2D eigenvalue weighted by Crippen LogP contribution is -2.44. The van der Waals surface area contributed by atoms with Gasteiger partial charge in [-0.3, -0.25) is 9.59 Å². The van der Waals surface area contributed by atoms with Crippen LogP contribution in [0.15, 0.2) is 0 Å². The van der Waals surface area contributed by atoms with E-state index in [9.17, 15) is 19.5 Å². The second-order valence-corrected chi connectivity index (χ2v) is 24.5. The summed E-state index contributed by atoms with van der Waals surface area (Å²) in [5.74, 6) is -2.24. The average Bonchev–Trinajstić information content (AvgIpc) is 3.39. The third-order valence-electron chi connectivity index (χ3n) is 15.6. The number of carboxylic acids is 1. The summed E-state index contributed by atoms with van der Waals surface area (Å²) in [4.78, 5) is 37.4. The molecule has 0 aromatic rings. The summed E-state index contributed by atoms with van der Waals surface area (Å²) in [6.45, 7) is 4.84. The Labute approximate surface area is 473 Å². The predicted octanol–water partition coefficient (Wildman–Crippen LogP) is 19.0. The van der Waals surface area contributed by atoms with Gasteiger partial charge in [-0.2, -0.15) is 0 Å². The van der Waals surface area contributed by atoms with Crippen molar-refractivity contribution in [1.82, 2.24) is 0 Å². The van der Waals surface area contributed by atoms with E-state index in [1.165, 1.54) is 289 Å². The van der Waals surface area contributed by atoms with Crippen LogP contribution in [0.5, 0.6) is 0 Å². The SMILES string of the molecule is CCCCCCCCCCCCCCCCCCCCCCCCCCCCCCCC(=O)OC(COC(=O)CCCCCCCCCCCCCCCCCCCCCCCC)COC(OCC[N+](C)(C)C)C(=O)[O-]. The zero-order valence-electron chi connectivity index (χ0n) is 51.7. The van der Waals surface area contributed by atoms with E-state index in [0.29, 0.717) is 17.4 Å². The van der Waals surface area contributed by atoms with Crippen LogP contribution in [0.2, 0.25) is 0 Å². The number of unbranched alkanes of at least 4 members (excludes halogenated alkanes) is 49. The lowest BCUT2D eigenvalue weighted by Gasteiger charge is -2.26. The molecule has 452 valence electrons. The fourth-order valence-electron chi connectivity index (χ4n) is 10.4. The van der Waals surface area contributed by atoms with Crippen LogP contribution in [-0.4, -0.2) is 82.3 Å². The Balaban J connectivity index is 4.06. The molecule has 0 rings (SSSR count). The van der Waals surface area contributed by atoms with Gasteiger partial charge < -0.3 is 33.3 Å². The van der Waals surface area contributed by atoms with Crippen LogP contribution in [0.3, 0.4) is 0 Å². The number of ether oxygens (including phenoxy) is 4. The number of hydrogen-bond acceptors (Lipinski definition) is 8. The highest BCUT2D eigenvalue weighted by Crippen LogP contribution is 2.19. The number of carboxylic acid groups (broad SMARTS) is 1. The smallest absolute Gasteiger partial charge is 0.306 e. The highest BCUT2D eigenvalue weighted by Gasteiger charge is 2.22. The fraction of sp³-hybridized carbons (Fsp3) is 0.955. The molecule has 9 heteroatoms. The molecule has 2 unspecified atom stereocenters. The van der Waals surface area contributed by atoms with E-state index in [1.54, 1.807) is 0 Å². The molecule has 76 heavy (non-hydrogen) atoms. The molecule has 0 aliphatic heterocycles. The minimum atomic E-state index is -1.61. The molecular formula is C67H131NO8. The Kier molecular flexibility index (Phi) is 58.1. The van der Waals surface area contributed by atoms with Gasteiger partial charge in [-0.25, -0.2) is 0 Å². The maximum absolute atomic E-state index is 12.9. The molecule has 0 N–H and O–H groups in total. The molecule has 0 bridgehead atoms. The molecule has 0 saturated heterocycles. The normalized spacial score (nSPS) is 12.6. The molecule has 0 spiro atoms. The van der Waals surface area contributed by atoms with E-state index >= 15 is 0 Å². The van der Waals surface area contributed by atoms with E-state index in [4.69, 9.17) is 18.9 Å². The zero-order chi connectivity index (χ0) is 55.5. The van der Waals surface area contributed by atoms with Crippen molar-refractivity contribution in [2.75, 3.05) is 47.5 Å². The Bertz CT molecular complexity index is 1210. The maximum Gasteiger partial charge on any atom is 0.306 e. The van der Waals surface area contributed by atoms with E-state index < -0.39 is 24.3 Å². The van der Waals surface area contributed by atoms with Crippen LogP contribution in [0.1, 0.15) is 354 Å². The van der Waals surface area contributed by atoms with Crippen molar-refractivity contribution < 1.29 is 42.9 Å². The summed E-state index contributed by atoms with van der Waals surface area (Å²) in [7, 11) is 5.95. The Morgan fingerprint density at radius 3 is 0.842 bits per heavy atom. The van der Waals surface area contributed by atoms with E-state index in [2.05, 4.69) is 13.8 Å². The minimum Gasteiger partial charge on any atom is -0.545 e. The van der Waals surface area contributed by atoms with Crippen molar-refractivity contribution in [3.8, 4) is 0 Å². The van der Waals surface area contributed by atoms with Gasteiger partial charge in [0.1, 0.15) is 13.2 Å². The fourth-order valence-corrected chi connectivity index (χ4v) is 10.4. The van der Waals surface area contributed by atoms with Gasteiger partial charge in [-0.15, -0.1) is 0 Å². The van der Waals surface area contributed by atoms with Crippen LogP contribution >= 0.6 is 0 Å². The number of carbonyl (C=O) groups is 3. The molecule has 0 radical (unpaired) electrons. The zero-order valence-corrected chi connectivity index (χ0v) is 51.7. The van der Waals surface area contributed by atoms with Gasteiger partial charge in [-0.05, 0) is 12.8 Å². The minimum absolute atomic E-state index is 0.154. The first kappa shape index (κ1) is 74.3. The monoisotopic (exact) mass is 1080 g/mol. The number of esters is 2. The number of nitrogens with zero attached hydrogens (tertiary/aromatic N) is 1. The molecule has 0 heterocycles. The summed E-state index contributed by atoms with van der Waals surface area (Å²) in [6.07, 6.45) is 66.1. The molecule has 0 aliphatic rings. The maximum atomic E-state index is 12.9. The first-order valence-electron chi connectivity index (χ1n) is 33.7. The number of rotatable bonds is 64. The number of carbonyl (C=O) groups excluding carboxylic acids is 3. The van der Waals surface area contributed by atoms with Crippen molar-refractivity contribution >= 4 is 17.9 Å². The van der Waals surface area contributed by atoms with Crippen LogP contribution < -0.4 is 5.11 Å². The number of quaternary nitrogens is 1. The molecular weight excluding hydrogens is 947 g/mol. The van der Waals surface area contributed by atoms with Crippen LogP contribution in [0.4, 0.5) is 0 Å². The topological polar surface area (TPSA) is 111 Å². The van der Waals surface area contributed by atoms with Gasteiger partial charge in [0.15, 0.2) is 12.4 Å². The second kappa shape index (κ2) is 59.4. The summed E-state index contributed by atoms with van der Waals surface area (Å²) in [5, 5.41) is 11.8. The van der Waals surface area contributed by atoms with Crippen molar-refractivity contribution in [3.63, 3.8) is 0 Å². The van der Waals surface area contributed by atoms with Gasteiger partial charge in [0.05, 0.1) is 40.3 Å². The summed E-state index contributed by atoms with van der Waals surface area (Å²) >= 11 is 0. The first-order valence-corrected chi connectivity index (χ1v) is 33.7. The Hall–Kier alpha value is -1.71. The van der Waals surface area contributed by atoms with E-state index in [-0.39, 0.29) is 32.2 Å². The van der Waals surface area contributed by atoms with E-state index in [1.807, 2.05) is 21.1 Å². The van der Waals surface area contributed by atoms with Gasteiger partial charge in [0.2, 0.25) is 0 Å². The molecule has 9 nitrogen and oxygen atoms in total. The highest BCUT2D eigenvalue weighted by molar-refractivity contribution is 5.70. The number of likely N-dealkylation sites (N-methyl/N-ethyl adjacent to an activating group) is 1. The van der Waals surface area contributed by atoms with Crippen molar-refractivity contribution in [2.24, 2.45) is 0 Å². The molecule has 0 fully saturated rings. The van der Waals surface area contributed by atoms with Gasteiger partial charge in [0.25, 0.3) is 0 Å². The van der Waals surface area contributed by atoms with Crippen LogP contribution in [-0.2, 0) is 33.3 Å². The third-order valence-corrected chi connectivity index (χ3v) is 15.6. The summed E-state index contributed by atoms with van der Waals surface area (Å²) in [6, 6.07) is 0. The molecule has 0 saturated carbocycles. The highest BCUT2D eigenvalue weighted by atomic mass is 16.7. The summed E-state index contributed by atoms with van der Waals surface area (Å²) < 4.78 is 22.8. The third kappa shape index (κ3) is 59.9. The summed E-state index contributed by atoms with van der Waals surface area (Å²) in [5.41, 5.74) is 0. The van der Waals surface area contributed by atoms with Crippen molar-refractivity contribution in [1.29, 1.82) is 0 Å². The van der Waals surface area contributed by atoms with Gasteiger partial charge in [0, 0.05) is 12.8 Å². The molecule has 0 aromatic carbocycles. The molecule has 2 atom stereocenters. The quantitative estimate of drug-likeness (QED) is 0.0256. The Morgan fingerprint density at radius 1 is 0.342 bits per heavy atom. The largest absolute Gasteiger partial charge is 0.545 e. The number of aliphatic carboxylic acids is 1. The Morgan fingerprint density at radius 2 is 0.592 bits per heavy atom. The van der Waals surface area contributed by atoms with Gasteiger partial charge in [-0.1, -0.05) is 328 Å². The van der Waals surface area contributed by atoms with Crippen molar-refractivity contribution in [2.45, 2.75) is 367 Å². The molecule has 0 aliphatic carbocycles. The standard InChI is InChI=1S/C67H131NO8/c1-6-8-10-12-14-16-18-20-22-24-26-28-30-31-32-33-34-35-36-38-40-42-44-46-48-50-52-54-56-58-65(70)76-63(62-75-67(66(71)72)73-60-59-68(3,4)5)61-74-64(69)57-55-53-51-49-47-45-43-41-39-37-29-27-25-23-21-19-17-15-13-11-9-7-2/h63,67H,6-62H2,1-5H3. The van der Waals surface area contributed by atoms with Crippen molar-refractivity contribution in [3.05, 3.63) is 0 Å². The molecule has 0 aromatic heterocycles. The van der Waals surface area contributed by atoms with E-state index in [0.717, 1.165) is 38.5 Å². The van der Waals surface area contributed by atoms with Crippen LogP contribution in [0.25, 0.3) is 0 Å². The number of hydrogen-bond donors (Lipinski definition) is 0. The predicted molar refractivity (Wildman–Crippen MR) is 320 cm³/mol. The average molecular weight is 1080 g/mol. The van der Waals surface area contributed by atoms with Gasteiger partial charge >= 0.3 is 11.9 Å². The second-order valence-electron chi connectivity index (χ2n) is 24.5.